The Morgan fingerprint density at radius 1 is 1.47 bits per heavy atom. The summed E-state index contributed by atoms with van der Waals surface area (Å²) in [6.45, 7) is 0. The first-order valence-corrected chi connectivity index (χ1v) is 4.57. The molecule has 1 N–H and O–H groups in total. The Labute approximate surface area is 90.1 Å². The lowest BCUT2D eigenvalue weighted by molar-refractivity contribution is 0.218. The average Bonchev–Trinajstić information content (AvgIpc) is 2.63. The molecule has 5 heteroatoms. The molecule has 3 nitrogen and oxygen atoms in total. The summed E-state index contributed by atoms with van der Waals surface area (Å²) >= 11 is 5.68. The van der Waals surface area contributed by atoms with Crippen LogP contribution in [-0.2, 0) is 0 Å². The molecule has 0 aliphatic rings. The molecule has 2 heterocycles. The normalized spacial score (nSPS) is 12.7. The van der Waals surface area contributed by atoms with E-state index < -0.39 is 11.9 Å². The molecule has 2 aromatic heterocycles. The van der Waals surface area contributed by atoms with Gasteiger partial charge in [0.25, 0.3) is 0 Å². The maximum atomic E-state index is 12.8. The average molecular weight is 228 g/mol. The van der Waals surface area contributed by atoms with E-state index in [1.54, 1.807) is 0 Å². The Hall–Kier alpha value is -1.39. The van der Waals surface area contributed by atoms with E-state index in [0.717, 1.165) is 6.20 Å². The fourth-order valence-electron chi connectivity index (χ4n) is 1.26. The highest BCUT2D eigenvalue weighted by molar-refractivity contribution is 6.29. The molecule has 0 spiro atoms. The largest absolute Gasteiger partial charge is 0.453 e. The molecule has 15 heavy (non-hydrogen) atoms. The molecule has 2 rings (SSSR count). The third kappa shape index (κ3) is 2.00. The molecule has 2 aromatic rings. The molecule has 0 aliphatic heterocycles. The Balaban J connectivity index is 2.36. The maximum absolute atomic E-state index is 12.8. The van der Waals surface area contributed by atoms with Crippen molar-refractivity contribution in [2.75, 3.05) is 0 Å². The van der Waals surface area contributed by atoms with Crippen LogP contribution in [0.2, 0.25) is 5.22 Å². The topological polar surface area (TPSA) is 46.3 Å². The van der Waals surface area contributed by atoms with Gasteiger partial charge in [0.1, 0.15) is 11.9 Å². The summed E-state index contributed by atoms with van der Waals surface area (Å²) in [6, 6.07) is 2.72. The predicted molar refractivity (Wildman–Crippen MR) is 52.0 cm³/mol. The Bertz CT molecular complexity index is 472. The second kappa shape index (κ2) is 4.00. The number of pyridine rings is 1. The summed E-state index contributed by atoms with van der Waals surface area (Å²) in [6.07, 6.45) is 2.76. The third-order valence-corrected chi connectivity index (χ3v) is 2.29. The Kier molecular flexibility index (Phi) is 2.70. The predicted octanol–water partition coefficient (Wildman–Crippen LogP) is 2.55. The van der Waals surface area contributed by atoms with Crippen LogP contribution in [0.1, 0.15) is 17.2 Å². The Morgan fingerprint density at radius 2 is 2.27 bits per heavy atom. The molecule has 0 saturated carbocycles. The molecule has 0 saturated heterocycles. The van der Waals surface area contributed by atoms with E-state index in [2.05, 4.69) is 4.98 Å². The molecule has 0 amide bonds. The van der Waals surface area contributed by atoms with Crippen molar-refractivity contribution in [1.82, 2.24) is 4.98 Å². The van der Waals surface area contributed by atoms with E-state index in [9.17, 15) is 9.50 Å². The molecule has 0 fully saturated rings. The van der Waals surface area contributed by atoms with Crippen LogP contribution in [0.3, 0.4) is 0 Å². The zero-order valence-corrected chi connectivity index (χ0v) is 8.28. The van der Waals surface area contributed by atoms with Gasteiger partial charge in [0.2, 0.25) is 0 Å². The number of aromatic nitrogens is 1. The van der Waals surface area contributed by atoms with Gasteiger partial charge < -0.3 is 9.52 Å². The fourth-order valence-corrected chi connectivity index (χ4v) is 1.47. The van der Waals surface area contributed by atoms with Crippen molar-refractivity contribution >= 4 is 11.6 Å². The molecule has 0 bridgehead atoms. The van der Waals surface area contributed by atoms with Crippen LogP contribution in [0.5, 0.6) is 0 Å². The smallest absolute Gasteiger partial charge is 0.199 e. The molecule has 0 aliphatic carbocycles. The lowest BCUT2D eigenvalue weighted by Crippen LogP contribution is -2.00. The van der Waals surface area contributed by atoms with Crippen LogP contribution < -0.4 is 0 Å². The molecule has 1 atom stereocenters. The monoisotopic (exact) mass is 227 g/mol. The van der Waals surface area contributed by atoms with Gasteiger partial charge >= 0.3 is 0 Å². The number of hydrogen-bond donors (Lipinski definition) is 1. The molecule has 0 radical (unpaired) electrons. The maximum Gasteiger partial charge on any atom is 0.199 e. The highest BCUT2D eigenvalue weighted by Gasteiger charge is 2.16. The van der Waals surface area contributed by atoms with Crippen molar-refractivity contribution in [3.63, 3.8) is 0 Å². The minimum absolute atomic E-state index is 0.0896. The van der Waals surface area contributed by atoms with E-state index in [-0.39, 0.29) is 5.22 Å². The molecular weight excluding hydrogens is 221 g/mol. The molecule has 78 valence electrons. The van der Waals surface area contributed by atoms with Crippen LogP contribution >= 0.6 is 11.6 Å². The summed E-state index contributed by atoms with van der Waals surface area (Å²) in [4.78, 5) is 3.64. The highest BCUT2D eigenvalue weighted by Crippen LogP contribution is 2.28. The first-order chi connectivity index (χ1) is 7.18. The van der Waals surface area contributed by atoms with Crippen molar-refractivity contribution in [1.29, 1.82) is 0 Å². The van der Waals surface area contributed by atoms with Crippen molar-refractivity contribution < 1.29 is 13.9 Å². The van der Waals surface area contributed by atoms with Gasteiger partial charge in [-0.05, 0) is 23.7 Å². The number of furan rings is 1. The molecule has 0 aromatic carbocycles. The number of hydrogen-bond acceptors (Lipinski definition) is 3. The lowest BCUT2D eigenvalue weighted by Gasteiger charge is -2.08. The first kappa shape index (κ1) is 10.1. The van der Waals surface area contributed by atoms with Crippen LogP contribution in [0.4, 0.5) is 4.39 Å². The molecule has 1 unspecified atom stereocenters. The van der Waals surface area contributed by atoms with Gasteiger partial charge in [0.05, 0.1) is 12.5 Å². The second-order valence-electron chi connectivity index (χ2n) is 2.99. The first-order valence-electron chi connectivity index (χ1n) is 4.20. The summed E-state index contributed by atoms with van der Waals surface area (Å²) in [5.41, 5.74) is 0.724. The zero-order chi connectivity index (χ0) is 10.8. The van der Waals surface area contributed by atoms with Crippen LogP contribution in [0.25, 0.3) is 0 Å². The Morgan fingerprint density at radius 3 is 2.87 bits per heavy atom. The lowest BCUT2D eigenvalue weighted by atomic mass is 10.1. The van der Waals surface area contributed by atoms with E-state index in [1.165, 1.54) is 24.6 Å². The summed E-state index contributed by atoms with van der Waals surface area (Å²) in [5.74, 6) is -0.508. The van der Waals surface area contributed by atoms with Crippen molar-refractivity contribution in [2.45, 2.75) is 6.10 Å². The standard InChI is InChI=1S/C10H7ClFNO2/c11-10-8(1-2-15-10)9(14)6-3-7(12)5-13-4-6/h1-5,9,14H. The van der Waals surface area contributed by atoms with Crippen molar-refractivity contribution in [3.05, 3.63) is 53.0 Å². The van der Waals surface area contributed by atoms with E-state index in [4.69, 9.17) is 16.0 Å². The van der Waals surface area contributed by atoms with Gasteiger partial charge in [-0.25, -0.2) is 4.39 Å². The summed E-state index contributed by atoms with van der Waals surface area (Å²) in [7, 11) is 0. The van der Waals surface area contributed by atoms with E-state index in [0.29, 0.717) is 11.1 Å². The number of aliphatic hydroxyl groups is 1. The van der Waals surface area contributed by atoms with Crippen molar-refractivity contribution in [2.24, 2.45) is 0 Å². The minimum Gasteiger partial charge on any atom is -0.453 e. The number of aliphatic hydroxyl groups excluding tert-OH is 1. The summed E-state index contributed by atoms with van der Waals surface area (Å²) in [5, 5.41) is 9.92. The third-order valence-electron chi connectivity index (χ3n) is 1.98. The quantitative estimate of drug-likeness (QED) is 0.858. The number of halogens is 2. The van der Waals surface area contributed by atoms with Crippen LogP contribution in [0, 0.1) is 5.82 Å². The van der Waals surface area contributed by atoms with Gasteiger partial charge in [-0.3, -0.25) is 4.98 Å². The van der Waals surface area contributed by atoms with Crippen LogP contribution in [0.15, 0.2) is 35.2 Å². The van der Waals surface area contributed by atoms with Gasteiger partial charge in [0, 0.05) is 17.3 Å². The van der Waals surface area contributed by atoms with Gasteiger partial charge in [-0.1, -0.05) is 0 Å². The van der Waals surface area contributed by atoms with Gasteiger partial charge in [-0.2, -0.15) is 0 Å². The minimum atomic E-state index is -1.03. The number of rotatable bonds is 2. The van der Waals surface area contributed by atoms with Crippen molar-refractivity contribution in [3.8, 4) is 0 Å². The summed E-state index contributed by atoms with van der Waals surface area (Å²) < 4.78 is 17.7. The highest BCUT2D eigenvalue weighted by atomic mass is 35.5. The van der Waals surface area contributed by atoms with Crippen LogP contribution in [-0.4, -0.2) is 10.1 Å². The molecular formula is C10H7ClFNO2. The zero-order valence-electron chi connectivity index (χ0n) is 7.52. The van der Waals surface area contributed by atoms with E-state index >= 15 is 0 Å². The van der Waals surface area contributed by atoms with Gasteiger partial charge in [0.15, 0.2) is 5.22 Å². The number of nitrogens with zero attached hydrogens (tertiary/aromatic N) is 1. The van der Waals surface area contributed by atoms with E-state index in [1.807, 2.05) is 0 Å². The SMILES string of the molecule is OC(c1cncc(F)c1)c1ccoc1Cl. The van der Waals surface area contributed by atoms with Gasteiger partial charge in [-0.15, -0.1) is 0 Å². The second-order valence-corrected chi connectivity index (χ2v) is 3.33. The fraction of sp³-hybridized carbons (Fsp3) is 0.100.